The van der Waals surface area contributed by atoms with E-state index in [4.69, 9.17) is 31.9 Å². The van der Waals surface area contributed by atoms with Crippen molar-refractivity contribution in [2.45, 2.75) is 12.5 Å². The van der Waals surface area contributed by atoms with Crippen LogP contribution in [0.2, 0.25) is 5.02 Å². The number of carboxylic acids is 1. The summed E-state index contributed by atoms with van der Waals surface area (Å²) in [4.78, 5) is 10.7. The minimum absolute atomic E-state index is 0.233. The fourth-order valence-electron chi connectivity index (χ4n) is 1.56. The number of aliphatic carboxylic acids is 1. The van der Waals surface area contributed by atoms with E-state index in [0.717, 1.165) is 0 Å². The normalized spacial score (nSPS) is 12.0. The van der Waals surface area contributed by atoms with Crippen molar-refractivity contribution < 1.29 is 19.4 Å². The zero-order chi connectivity index (χ0) is 13.0. The van der Waals surface area contributed by atoms with Gasteiger partial charge in [-0.1, -0.05) is 11.6 Å². The van der Waals surface area contributed by atoms with Crippen molar-refractivity contribution in [2.75, 3.05) is 14.2 Å². The maximum Gasteiger partial charge on any atom is 0.305 e. The summed E-state index contributed by atoms with van der Waals surface area (Å²) in [6.45, 7) is 0. The molecule has 0 amide bonds. The number of rotatable bonds is 5. The van der Waals surface area contributed by atoms with Gasteiger partial charge in [0.25, 0.3) is 0 Å². The molecule has 0 heterocycles. The highest BCUT2D eigenvalue weighted by atomic mass is 35.5. The van der Waals surface area contributed by atoms with Crippen LogP contribution in [0.15, 0.2) is 12.1 Å². The molecule has 0 aliphatic carbocycles. The molecule has 0 fully saturated rings. The number of carbonyl (C=O) groups is 1. The van der Waals surface area contributed by atoms with E-state index in [0.29, 0.717) is 22.1 Å². The number of benzene rings is 1. The van der Waals surface area contributed by atoms with Crippen molar-refractivity contribution >= 4 is 17.6 Å². The number of nitrogens with two attached hydrogens (primary N) is 1. The van der Waals surface area contributed by atoms with Crippen molar-refractivity contribution in [1.29, 1.82) is 0 Å². The van der Waals surface area contributed by atoms with Gasteiger partial charge in [-0.05, 0) is 12.1 Å². The smallest absolute Gasteiger partial charge is 0.305 e. The molecular formula is C11H14ClNO4. The monoisotopic (exact) mass is 259 g/mol. The van der Waals surface area contributed by atoms with E-state index in [2.05, 4.69) is 0 Å². The number of carboxylic acid groups (broad SMARTS) is 1. The molecule has 0 aliphatic heterocycles. The van der Waals surface area contributed by atoms with Gasteiger partial charge in [-0.25, -0.2) is 0 Å². The van der Waals surface area contributed by atoms with Gasteiger partial charge in [0.1, 0.15) is 0 Å². The highest BCUT2D eigenvalue weighted by Gasteiger charge is 2.21. The van der Waals surface area contributed by atoms with Crippen LogP contribution in [0.5, 0.6) is 11.5 Å². The summed E-state index contributed by atoms with van der Waals surface area (Å²) in [5, 5.41) is 9.09. The lowest BCUT2D eigenvalue weighted by atomic mass is 10.0. The van der Waals surface area contributed by atoms with Gasteiger partial charge in [0.2, 0.25) is 0 Å². The summed E-state index contributed by atoms with van der Waals surface area (Å²) in [7, 11) is 2.93. The third-order valence-corrected chi connectivity index (χ3v) is 2.63. The molecule has 0 aliphatic rings. The number of hydrogen-bond acceptors (Lipinski definition) is 4. The number of ether oxygens (including phenoxy) is 2. The Morgan fingerprint density at radius 1 is 1.47 bits per heavy atom. The van der Waals surface area contributed by atoms with E-state index in [-0.39, 0.29) is 6.42 Å². The molecule has 1 atom stereocenters. The maximum absolute atomic E-state index is 10.7. The minimum Gasteiger partial charge on any atom is -0.493 e. The standard InChI is InChI=1S/C11H14ClNO4/c1-16-8-4-3-6(12)10(11(8)17-2)7(13)5-9(14)15/h3-4,7H,5,13H2,1-2H3,(H,14,15). The first-order valence-corrected chi connectivity index (χ1v) is 5.26. The Morgan fingerprint density at radius 2 is 2.12 bits per heavy atom. The topological polar surface area (TPSA) is 81.8 Å². The molecule has 3 N–H and O–H groups in total. The molecule has 1 rings (SSSR count). The molecule has 94 valence electrons. The molecule has 5 nitrogen and oxygen atoms in total. The van der Waals surface area contributed by atoms with Crippen molar-refractivity contribution in [3.8, 4) is 11.5 Å². The third kappa shape index (κ3) is 3.01. The first kappa shape index (κ1) is 13.6. The molecule has 6 heteroatoms. The lowest BCUT2D eigenvalue weighted by Gasteiger charge is -2.18. The number of hydrogen-bond donors (Lipinski definition) is 2. The summed E-state index contributed by atoms with van der Waals surface area (Å²) in [6.07, 6.45) is -0.233. The molecule has 1 unspecified atom stereocenters. The van der Waals surface area contributed by atoms with Crippen LogP contribution < -0.4 is 15.2 Å². The average Bonchev–Trinajstić information content (AvgIpc) is 2.27. The van der Waals surface area contributed by atoms with Crippen molar-refractivity contribution in [3.63, 3.8) is 0 Å². The van der Waals surface area contributed by atoms with Crippen molar-refractivity contribution in [2.24, 2.45) is 5.73 Å². The summed E-state index contributed by atoms with van der Waals surface area (Å²) < 4.78 is 10.3. The lowest BCUT2D eigenvalue weighted by Crippen LogP contribution is -2.16. The van der Waals surface area contributed by atoms with E-state index in [1.165, 1.54) is 14.2 Å². The Morgan fingerprint density at radius 3 is 2.59 bits per heavy atom. The lowest BCUT2D eigenvalue weighted by molar-refractivity contribution is -0.137. The van der Waals surface area contributed by atoms with E-state index < -0.39 is 12.0 Å². The Bertz CT molecular complexity index is 422. The second-order valence-corrected chi connectivity index (χ2v) is 3.81. The second-order valence-electron chi connectivity index (χ2n) is 3.40. The summed E-state index contributed by atoms with van der Waals surface area (Å²) in [6, 6.07) is 2.49. The Kier molecular flexibility index (Phi) is 4.60. The fourth-order valence-corrected chi connectivity index (χ4v) is 1.85. The molecule has 0 spiro atoms. The molecule has 0 radical (unpaired) electrons. The van der Waals surface area contributed by atoms with Gasteiger partial charge >= 0.3 is 5.97 Å². The quantitative estimate of drug-likeness (QED) is 0.843. The summed E-state index contributed by atoms with van der Waals surface area (Å²) >= 11 is 6.01. The fraction of sp³-hybridized carbons (Fsp3) is 0.364. The van der Waals surface area contributed by atoms with E-state index in [9.17, 15) is 4.79 Å². The molecule has 17 heavy (non-hydrogen) atoms. The Labute approximate surface area is 104 Å². The van der Waals surface area contributed by atoms with E-state index >= 15 is 0 Å². The van der Waals surface area contributed by atoms with Gasteiger partial charge in [-0.2, -0.15) is 0 Å². The molecule has 0 saturated carbocycles. The molecule has 1 aromatic rings. The first-order chi connectivity index (χ1) is 8.01. The third-order valence-electron chi connectivity index (χ3n) is 2.30. The van der Waals surface area contributed by atoms with Gasteiger partial charge in [0.15, 0.2) is 11.5 Å². The molecule has 0 saturated heterocycles. The summed E-state index contributed by atoms with van der Waals surface area (Å²) in [5.74, 6) is -0.167. The Hall–Kier alpha value is -1.46. The van der Waals surface area contributed by atoms with Crippen LogP contribution >= 0.6 is 11.6 Å². The average molecular weight is 260 g/mol. The SMILES string of the molecule is COc1ccc(Cl)c(C(N)CC(=O)O)c1OC. The van der Waals surface area contributed by atoms with Crippen LogP contribution in [-0.2, 0) is 4.79 Å². The van der Waals surface area contributed by atoms with Gasteiger partial charge in [0.05, 0.1) is 20.6 Å². The van der Waals surface area contributed by atoms with Crippen LogP contribution in [0.25, 0.3) is 0 Å². The van der Waals surface area contributed by atoms with Crippen LogP contribution in [0.1, 0.15) is 18.0 Å². The van der Waals surface area contributed by atoms with Crippen LogP contribution in [0.3, 0.4) is 0 Å². The van der Waals surface area contributed by atoms with Crippen LogP contribution in [-0.4, -0.2) is 25.3 Å². The predicted octanol–water partition coefficient (Wildman–Crippen LogP) is 1.83. The van der Waals surface area contributed by atoms with E-state index in [1.54, 1.807) is 12.1 Å². The Balaban J connectivity index is 3.24. The second kappa shape index (κ2) is 5.75. The van der Waals surface area contributed by atoms with Gasteiger partial charge in [0, 0.05) is 16.6 Å². The zero-order valence-electron chi connectivity index (χ0n) is 9.57. The van der Waals surface area contributed by atoms with Crippen molar-refractivity contribution in [1.82, 2.24) is 0 Å². The minimum atomic E-state index is -1.00. The highest BCUT2D eigenvalue weighted by molar-refractivity contribution is 6.31. The van der Waals surface area contributed by atoms with Gasteiger partial charge < -0.3 is 20.3 Å². The zero-order valence-corrected chi connectivity index (χ0v) is 10.3. The van der Waals surface area contributed by atoms with Crippen molar-refractivity contribution in [3.05, 3.63) is 22.7 Å². The largest absolute Gasteiger partial charge is 0.493 e. The molecule has 0 aromatic heterocycles. The van der Waals surface area contributed by atoms with E-state index in [1.807, 2.05) is 0 Å². The van der Waals surface area contributed by atoms with Crippen LogP contribution in [0.4, 0.5) is 0 Å². The first-order valence-electron chi connectivity index (χ1n) is 4.89. The van der Waals surface area contributed by atoms with Crippen LogP contribution in [0, 0.1) is 0 Å². The van der Waals surface area contributed by atoms with Gasteiger partial charge in [-0.3, -0.25) is 4.79 Å². The predicted molar refractivity (Wildman–Crippen MR) is 63.7 cm³/mol. The summed E-state index contributed by atoms with van der Waals surface area (Å²) in [5.41, 5.74) is 6.24. The highest BCUT2D eigenvalue weighted by Crippen LogP contribution is 2.39. The van der Waals surface area contributed by atoms with Gasteiger partial charge in [-0.15, -0.1) is 0 Å². The number of halogens is 1. The number of methoxy groups -OCH3 is 2. The maximum atomic E-state index is 10.7. The molecule has 0 bridgehead atoms. The molecule has 1 aromatic carbocycles. The molecular weight excluding hydrogens is 246 g/mol.